The van der Waals surface area contributed by atoms with Crippen LogP contribution in [0.15, 0.2) is 0 Å². The van der Waals surface area contributed by atoms with Gasteiger partial charge in [-0.25, -0.2) is 0 Å². The molecule has 0 heterocycles. The topological polar surface area (TPSA) is 20.2 Å². The first-order valence-electron chi connectivity index (χ1n) is 7.01. The maximum absolute atomic E-state index is 9.92. The first-order chi connectivity index (χ1) is 7.33. The maximum Gasteiger partial charge on any atom is 0.0542 e. The molecule has 1 fully saturated rings. The fourth-order valence-corrected chi connectivity index (χ4v) is 2.73. The Labute approximate surface area is 95.3 Å². The molecule has 0 aromatic carbocycles. The molecule has 0 spiro atoms. The lowest BCUT2D eigenvalue weighted by Gasteiger charge is -2.18. The summed E-state index contributed by atoms with van der Waals surface area (Å²) >= 11 is 0. The minimum absolute atomic E-state index is 0.0142. The molecule has 1 nitrogen and oxygen atoms in total. The first-order valence-corrected chi connectivity index (χ1v) is 7.01. The summed E-state index contributed by atoms with van der Waals surface area (Å²) in [7, 11) is 0. The van der Waals surface area contributed by atoms with Crippen molar-refractivity contribution < 1.29 is 5.11 Å². The van der Waals surface area contributed by atoms with Gasteiger partial charge in [0.05, 0.1) is 6.10 Å². The van der Waals surface area contributed by atoms with E-state index in [1.54, 1.807) is 0 Å². The van der Waals surface area contributed by atoms with E-state index >= 15 is 0 Å². The first kappa shape index (κ1) is 13.0. The minimum Gasteiger partial charge on any atom is -0.393 e. The number of hydrogen-bond acceptors (Lipinski definition) is 1. The van der Waals surface area contributed by atoms with E-state index in [2.05, 4.69) is 6.92 Å². The van der Waals surface area contributed by atoms with Crippen molar-refractivity contribution >= 4 is 0 Å². The molecule has 1 saturated carbocycles. The van der Waals surface area contributed by atoms with E-state index in [0.29, 0.717) is 0 Å². The summed E-state index contributed by atoms with van der Waals surface area (Å²) in [6, 6.07) is 0. The maximum atomic E-state index is 9.92. The highest BCUT2D eigenvalue weighted by Crippen LogP contribution is 2.27. The molecule has 0 aromatic heterocycles. The smallest absolute Gasteiger partial charge is 0.0542 e. The second-order valence-electron chi connectivity index (χ2n) is 5.24. The Morgan fingerprint density at radius 2 is 1.73 bits per heavy atom. The van der Waals surface area contributed by atoms with E-state index in [0.717, 1.165) is 18.8 Å². The highest BCUT2D eigenvalue weighted by atomic mass is 16.3. The Morgan fingerprint density at radius 1 is 1.07 bits per heavy atom. The van der Waals surface area contributed by atoms with Gasteiger partial charge in [0.15, 0.2) is 0 Å². The van der Waals surface area contributed by atoms with Gasteiger partial charge in [0.2, 0.25) is 0 Å². The number of unbranched alkanes of at least 4 members (excludes halogenated alkanes) is 2. The third-order valence-electron chi connectivity index (χ3n) is 3.72. The predicted molar refractivity (Wildman–Crippen MR) is 66.0 cm³/mol. The number of hydrogen-bond donors (Lipinski definition) is 1. The van der Waals surface area contributed by atoms with Crippen LogP contribution in [0.2, 0.25) is 0 Å². The molecule has 0 radical (unpaired) electrons. The van der Waals surface area contributed by atoms with Crippen molar-refractivity contribution in [2.24, 2.45) is 5.92 Å². The van der Waals surface area contributed by atoms with Crippen molar-refractivity contribution in [3.05, 3.63) is 0 Å². The lowest BCUT2D eigenvalue weighted by molar-refractivity contribution is 0.125. The van der Waals surface area contributed by atoms with Crippen LogP contribution in [0.3, 0.4) is 0 Å². The minimum atomic E-state index is -0.0142. The zero-order chi connectivity index (χ0) is 10.9. The van der Waals surface area contributed by atoms with Crippen LogP contribution in [0.1, 0.15) is 77.6 Å². The summed E-state index contributed by atoms with van der Waals surface area (Å²) in [5, 5.41) is 9.92. The van der Waals surface area contributed by atoms with E-state index in [-0.39, 0.29) is 6.10 Å². The van der Waals surface area contributed by atoms with Crippen molar-refractivity contribution in [2.45, 2.75) is 83.7 Å². The molecule has 1 aliphatic rings. The molecule has 1 heteroatoms. The van der Waals surface area contributed by atoms with Crippen LogP contribution in [0, 0.1) is 5.92 Å². The Kier molecular flexibility index (Phi) is 7.08. The van der Waals surface area contributed by atoms with Gasteiger partial charge in [0, 0.05) is 0 Å². The van der Waals surface area contributed by atoms with Crippen LogP contribution in [0.4, 0.5) is 0 Å². The average Bonchev–Trinajstić information content (AvgIpc) is 2.47. The summed E-state index contributed by atoms with van der Waals surface area (Å²) in [5.41, 5.74) is 0. The van der Waals surface area contributed by atoms with Gasteiger partial charge in [-0.15, -0.1) is 0 Å². The molecule has 1 rings (SSSR count). The monoisotopic (exact) mass is 212 g/mol. The van der Waals surface area contributed by atoms with Gasteiger partial charge in [-0.05, 0) is 18.8 Å². The fraction of sp³-hybridized carbons (Fsp3) is 1.00. The second kappa shape index (κ2) is 8.15. The Bertz CT molecular complexity index is 136. The normalized spacial score (nSPS) is 21.2. The van der Waals surface area contributed by atoms with Crippen LogP contribution in [-0.4, -0.2) is 11.2 Å². The molecule has 1 atom stereocenters. The zero-order valence-corrected chi connectivity index (χ0v) is 10.4. The molecule has 1 N–H and O–H groups in total. The quantitative estimate of drug-likeness (QED) is 0.514. The van der Waals surface area contributed by atoms with Crippen LogP contribution in [0.5, 0.6) is 0 Å². The molecular weight excluding hydrogens is 184 g/mol. The van der Waals surface area contributed by atoms with Crippen molar-refractivity contribution in [3.8, 4) is 0 Å². The van der Waals surface area contributed by atoms with Gasteiger partial charge >= 0.3 is 0 Å². The van der Waals surface area contributed by atoms with Crippen LogP contribution in [-0.2, 0) is 0 Å². The molecule has 0 aromatic rings. The predicted octanol–water partition coefficient (Wildman–Crippen LogP) is 4.29. The summed E-state index contributed by atoms with van der Waals surface area (Å²) in [6.07, 6.45) is 14.2. The lowest BCUT2D eigenvalue weighted by atomic mass is 9.92. The van der Waals surface area contributed by atoms with Gasteiger partial charge in [-0.3, -0.25) is 0 Å². The van der Waals surface area contributed by atoms with Crippen LogP contribution < -0.4 is 0 Å². The molecule has 90 valence electrons. The summed E-state index contributed by atoms with van der Waals surface area (Å²) in [5.74, 6) is 0.823. The van der Waals surface area contributed by atoms with Gasteiger partial charge in [0.1, 0.15) is 0 Å². The molecule has 0 bridgehead atoms. The summed E-state index contributed by atoms with van der Waals surface area (Å²) in [4.78, 5) is 0. The van der Waals surface area contributed by atoms with Crippen molar-refractivity contribution in [2.75, 3.05) is 0 Å². The van der Waals surface area contributed by atoms with Crippen molar-refractivity contribution in [1.29, 1.82) is 0 Å². The number of aliphatic hydroxyl groups excluding tert-OH is 1. The molecule has 15 heavy (non-hydrogen) atoms. The number of rotatable bonds is 6. The summed E-state index contributed by atoms with van der Waals surface area (Å²) < 4.78 is 0. The Morgan fingerprint density at radius 3 is 2.33 bits per heavy atom. The summed E-state index contributed by atoms with van der Waals surface area (Å²) in [6.45, 7) is 2.22. The van der Waals surface area contributed by atoms with E-state index in [4.69, 9.17) is 0 Å². The third kappa shape index (κ3) is 6.19. The highest BCUT2D eigenvalue weighted by molar-refractivity contribution is 4.68. The molecule has 1 unspecified atom stereocenters. The van der Waals surface area contributed by atoms with E-state index in [1.807, 2.05) is 0 Å². The van der Waals surface area contributed by atoms with Crippen LogP contribution >= 0.6 is 0 Å². The van der Waals surface area contributed by atoms with Crippen molar-refractivity contribution in [3.63, 3.8) is 0 Å². The lowest BCUT2D eigenvalue weighted by Crippen LogP contribution is -2.13. The number of aliphatic hydroxyl groups is 1. The van der Waals surface area contributed by atoms with E-state index in [1.165, 1.54) is 57.8 Å². The van der Waals surface area contributed by atoms with E-state index < -0.39 is 0 Å². The SMILES string of the molecule is CCCCCC(O)CC1CCCCCC1. The molecule has 0 saturated heterocycles. The average molecular weight is 212 g/mol. The molecule has 0 amide bonds. The fourth-order valence-electron chi connectivity index (χ4n) is 2.73. The second-order valence-corrected chi connectivity index (χ2v) is 5.24. The third-order valence-corrected chi connectivity index (χ3v) is 3.72. The largest absolute Gasteiger partial charge is 0.393 e. The van der Waals surface area contributed by atoms with Crippen molar-refractivity contribution in [1.82, 2.24) is 0 Å². The van der Waals surface area contributed by atoms with Gasteiger partial charge in [-0.2, -0.15) is 0 Å². The zero-order valence-electron chi connectivity index (χ0n) is 10.4. The van der Waals surface area contributed by atoms with Gasteiger partial charge in [0.25, 0.3) is 0 Å². The Balaban J connectivity index is 2.09. The molecular formula is C14H28O. The Hall–Kier alpha value is -0.0400. The van der Waals surface area contributed by atoms with E-state index in [9.17, 15) is 5.11 Å². The molecule has 0 aliphatic heterocycles. The van der Waals surface area contributed by atoms with Gasteiger partial charge < -0.3 is 5.11 Å². The van der Waals surface area contributed by atoms with Crippen LogP contribution in [0.25, 0.3) is 0 Å². The standard InChI is InChI=1S/C14H28O/c1-2-3-6-11-14(15)12-13-9-7-4-5-8-10-13/h13-15H,2-12H2,1H3. The van der Waals surface area contributed by atoms with Gasteiger partial charge in [-0.1, -0.05) is 64.7 Å². The highest BCUT2D eigenvalue weighted by Gasteiger charge is 2.16. The molecule has 1 aliphatic carbocycles.